The van der Waals surface area contributed by atoms with Crippen molar-refractivity contribution >= 4 is 3.71 Å². The average molecular weight is 348 g/mol. The molecule has 0 amide bonds. The first kappa shape index (κ1) is 17.3. The van der Waals surface area contributed by atoms with Gasteiger partial charge in [-0.2, -0.15) is 0 Å². The summed E-state index contributed by atoms with van der Waals surface area (Å²) in [7, 11) is 0. The van der Waals surface area contributed by atoms with Crippen LogP contribution in [0.2, 0.25) is 0 Å². The van der Waals surface area contributed by atoms with Gasteiger partial charge in [-0.25, -0.2) is 0 Å². The van der Waals surface area contributed by atoms with Crippen LogP contribution in [0.5, 0.6) is 0 Å². The molecule has 0 unspecified atom stereocenters. The van der Waals surface area contributed by atoms with Crippen LogP contribution in [0.3, 0.4) is 0 Å². The molecule has 0 fully saturated rings. The molecule has 0 saturated carbocycles. The largest absolute Gasteiger partial charge is 1.00 e. The summed E-state index contributed by atoms with van der Waals surface area (Å²) in [6.07, 6.45) is 18.9. The Hall–Kier alpha value is 0.293. The van der Waals surface area contributed by atoms with Crippen molar-refractivity contribution in [2.24, 2.45) is 0 Å². The van der Waals surface area contributed by atoms with E-state index in [2.05, 4.69) is 47.1 Å². The molecule has 0 aromatic rings. The van der Waals surface area contributed by atoms with E-state index in [1.807, 2.05) is 0 Å². The SMILES string of the molecule is CCC[CH]=[Zr+2]([C]1=CC=CC1)[C]1=CC=CC1.[Cl-].[Cl-]. The second-order valence-electron chi connectivity index (χ2n) is 4.05. The molecule has 0 nitrogen and oxygen atoms in total. The molecular weight excluding hydrogens is 330 g/mol. The second-order valence-corrected chi connectivity index (χ2v) is 10.2. The van der Waals surface area contributed by atoms with Crippen molar-refractivity contribution in [1.29, 1.82) is 0 Å². The van der Waals surface area contributed by atoms with E-state index >= 15 is 0 Å². The van der Waals surface area contributed by atoms with Crippen molar-refractivity contribution in [3.63, 3.8) is 0 Å². The van der Waals surface area contributed by atoms with E-state index < -0.39 is 21.3 Å². The van der Waals surface area contributed by atoms with Crippen molar-refractivity contribution in [2.75, 3.05) is 0 Å². The van der Waals surface area contributed by atoms with E-state index in [0.717, 1.165) is 0 Å². The predicted octanol–water partition coefficient (Wildman–Crippen LogP) is -2.10. The summed E-state index contributed by atoms with van der Waals surface area (Å²) in [5, 5.41) is 0. The van der Waals surface area contributed by atoms with Crippen LogP contribution in [0.4, 0.5) is 0 Å². The van der Waals surface area contributed by atoms with Crippen LogP contribution >= 0.6 is 0 Å². The molecule has 2 rings (SSSR count). The first-order valence-corrected chi connectivity index (χ1v) is 9.72. The Bertz CT molecular complexity index is 355. The molecule has 3 heteroatoms. The molecular formula is C14H18Cl2Zr. The van der Waals surface area contributed by atoms with Gasteiger partial charge >= 0.3 is 101 Å². The minimum atomic E-state index is -1.50. The molecule has 17 heavy (non-hydrogen) atoms. The fourth-order valence-corrected chi connectivity index (χ4v) is 8.79. The summed E-state index contributed by atoms with van der Waals surface area (Å²) < 4.78 is 6.21. The zero-order valence-corrected chi connectivity index (χ0v) is 14.1. The third kappa shape index (κ3) is 4.81. The van der Waals surface area contributed by atoms with Gasteiger partial charge in [-0.3, -0.25) is 0 Å². The molecule has 0 bridgehead atoms. The fourth-order valence-electron chi connectivity index (χ4n) is 2.05. The third-order valence-electron chi connectivity index (χ3n) is 2.87. The summed E-state index contributed by atoms with van der Waals surface area (Å²) in [5.41, 5.74) is 0. The van der Waals surface area contributed by atoms with Gasteiger partial charge < -0.3 is 24.8 Å². The van der Waals surface area contributed by atoms with Gasteiger partial charge in [-0.05, 0) is 0 Å². The Labute approximate surface area is 125 Å². The quantitative estimate of drug-likeness (QED) is 0.546. The summed E-state index contributed by atoms with van der Waals surface area (Å²) in [6, 6.07) is 0. The summed E-state index contributed by atoms with van der Waals surface area (Å²) in [6.45, 7) is 2.28. The smallest absolute Gasteiger partial charge is 1.00 e. The normalized spacial score (nSPS) is 15.3. The monoisotopic (exact) mass is 346 g/mol. The molecule has 0 saturated heterocycles. The van der Waals surface area contributed by atoms with Gasteiger partial charge in [0.15, 0.2) is 0 Å². The van der Waals surface area contributed by atoms with E-state index in [1.54, 1.807) is 6.56 Å². The van der Waals surface area contributed by atoms with E-state index in [4.69, 9.17) is 0 Å². The first-order valence-electron chi connectivity index (χ1n) is 5.84. The van der Waals surface area contributed by atoms with Crippen LogP contribution in [0.1, 0.15) is 32.6 Å². The molecule has 0 heterocycles. The Morgan fingerprint density at radius 3 is 1.94 bits per heavy atom. The van der Waals surface area contributed by atoms with Gasteiger partial charge in [0.25, 0.3) is 0 Å². The topological polar surface area (TPSA) is 0 Å². The van der Waals surface area contributed by atoms with Crippen LogP contribution in [0, 0.1) is 0 Å². The molecule has 0 aromatic carbocycles. The first-order chi connectivity index (χ1) is 7.42. The number of hydrogen-bond acceptors (Lipinski definition) is 0. The number of hydrogen-bond donors (Lipinski definition) is 0. The van der Waals surface area contributed by atoms with Crippen molar-refractivity contribution in [3.8, 4) is 0 Å². The molecule has 0 aromatic heterocycles. The van der Waals surface area contributed by atoms with Crippen LogP contribution < -0.4 is 24.8 Å². The van der Waals surface area contributed by atoms with Gasteiger partial charge in [0.05, 0.1) is 0 Å². The van der Waals surface area contributed by atoms with Gasteiger partial charge in [-0.15, -0.1) is 0 Å². The van der Waals surface area contributed by atoms with Crippen molar-refractivity contribution in [1.82, 2.24) is 0 Å². The minimum absolute atomic E-state index is 0. The van der Waals surface area contributed by atoms with Crippen LogP contribution in [-0.4, -0.2) is 3.71 Å². The van der Waals surface area contributed by atoms with E-state index in [-0.39, 0.29) is 24.8 Å². The minimum Gasteiger partial charge on any atom is -1.00 e. The van der Waals surface area contributed by atoms with Crippen molar-refractivity contribution in [3.05, 3.63) is 43.0 Å². The second kappa shape index (κ2) is 9.25. The molecule has 0 radical (unpaired) electrons. The molecule has 2 aliphatic rings. The average Bonchev–Trinajstić information content (AvgIpc) is 2.90. The standard InChI is InChI=1S/2C5H5.C4H8.2ClH.Zr/c2*1-2-4-5-3-1;1-3-4-2;;;/h2*1-3H,4H2;1H,3-4H2,2H3;2*1H;/q;;;;;+2/p-2. The fraction of sp³-hybridized carbons (Fsp3) is 0.357. The third-order valence-corrected chi connectivity index (χ3v) is 9.81. The molecule has 2 aliphatic carbocycles. The summed E-state index contributed by atoms with van der Waals surface area (Å²) >= 11 is -1.50. The van der Waals surface area contributed by atoms with Gasteiger partial charge in [-0.1, -0.05) is 0 Å². The molecule has 92 valence electrons. The van der Waals surface area contributed by atoms with Gasteiger partial charge in [0.1, 0.15) is 0 Å². The van der Waals surface area contributed by atoms with E-state index in [9.17, 15) is 0 Å². The van der Waals surface area contributed by atoms with Crippen LogP contribution in [-0.2, 0) is 21.3 Å². The number of unbranched alkanes of at least 4 members (excludes halogenated alkanes) is 1. The van der Waals surface area contributed by atoms with Crippen molar-refractivity contribution < 1.29 is 46.1 Å². The zero-order chi connectivity index (χ0) is 10.5. The maximum absolute atomic E-state index is 2.68. The molecule has 0 aliphatic heterocycles. The van der Waals surface area contributed by atoms with E-state index in [1.165, 1.54) is 25.7 Å². The van der Waals surface area contributed by atoms with Crippen LogP contribution in [0.25, 0.3) is 0 Å². The Morgan fingerprint density at radius 1 is 1.06 bits per heavy atom. The van der Waals surface area contributed by atoms with Gasteiger partial charge in [0.2, 0.25) is 0 Å². The Kier molecular flexibility index (Phi) is 9.41. The number of allylic oxidation sites excluding steroid dienone is 8. The molecule has 0 spiro atoms. The molecule has 0 atom stereocenters. The Balaban J connectivity index is 0.00000128. The summed E-state index contributed by atoms with van der Waals surface area (Å²) in [5.74, 6) is 0. The number of rotatable bonds is 4. The number of halogens is 2. The maximum Gasteiger partial charge on any atom is -1.00 e. The van der Waals surface area contributed by atoms with Gasteiger partial charge in [0, 0.05) is 0 Å². The Morgan fingerprint density at radius 2 is 1.59 bits per heavy atom. The maximum atomic E-state index is 2.68. The van der Waals surface area contributed by atoms with Crippen LogP contribution in [0.15, 0.2) is 43.0 Å². The summed E-state index contributed by atoms with van der Waals surface area (Å²) in [4.78, 5) is 0. The molecule has 0 N–H and O–H groups in total. The predicted molar refractivity (Wildman–Crippen MR) is 64.7 cm³/mol. The van der Waals surface area contributed by atoms with Crippen molar-refractivity contribution in [2.45, 2.75) is 32.6 Å². The zero-order valence-electron chi connectivity index (χ0n) is 10.1. The van der Waals surface area contributed by atoms with E-state index in [0.29, 0.717) is 0 Å².